The Bertz CT molecular complexity index is 245. The maximum Gasteiger partial charge on any atom is 0.228 e. The fourth-order valence-corrected chi connectivity index (χ4v) is 2.76. The Morgan fingerprint density at radius 3 is 2.00 bits per heavy atom. The molecular formula is C10H14Cl2O2. The minimum absolute atomic E-state index is 0.404. The van der Waals surface area contributed by atoms with E-state index in [0.717, 1.165) is 19.3 Å². The Hall–Kier alpha value is -0.0800. The van der Waals surface area contributed by atoms with Crippen molar-refractivity contribution in [3.05, 3.63) is 0 Å². The van der Waals surface area contributed by atoms with Crippen LogP contribution < -0.4 is 0 Å². The summed E-state index contributed by atoms with van der Waals surface area (Å²) in [6.07, 6.45) is 4.39. The van der Waals surface area contributed by atoms with Gasteiger partial charge in [0.2, 0.25) is 10.5 Å². The van der Waals surface area contributed by atoms with Crippen LogP contribution in [0.1, 0.15) is 39.0 Å². The van der Waals surface area contributed by atoms with Gasteiger partial charge in [-0.2, -0.15) is 0 Å². The van der Waals surface area contributed by atoms with Crippen LogP contribution in [0.3, 0.4) is 0 Å². The molecule has 4 heteroatoms. The maximum absolute atomic E-state index is 11.4. The number of carbonyl (C=O) groups excluding carboxylic acids is 2. The molecule has 1 rings (SSSR count). The number of hydrogen-bond acceptors (Lipinski definition) is 2. The largest absolute Gasteiger partial charge is 0.281 e. The number of carbonyl (C=O) groups is 2. The van der Waals surface area contributed by atoms with E-state index in [9.17, 15) is 9.59 Å². The second kappa shape index (κ2) is 4.63. The molecule has 0 bridgehead atoms. The summed E-state index contributed by atoms with van der Waals surface area (Å²) in [6.45, 7) is 1.70. The number of rotatable bonds is 3. The Morgan fingerprint density at radius 1 is 1.14 bits per heavy atom. The SMILES string of the molecule is CC(C(=O)Cl)C1(C(=O)Cl)CCCCC1. The van der Waals surface area contributed by atoms with Gasteiger partial charge < -0.3 is 0 Å². The Morgan fingerprint density at radius 2 is 1.64 bits per heavy atom. The van der Waals surface area contributed by atoms with Crippen LogP contribution in [0.5, 0.6) is 0 Å². The molecule has 0 aliphatic heterocycles. The van der Waals surface area contributed by atoms with Crippen molar-refractivity contribution in [3.63, 3.8) is 0 Å². The summed E-state index contributed by atoms with van der Waals surface area (Å²) in [5.74, 6) is -0.463. The van der Waals surface area contributed by atoms with Gasteiger partial charge in [0, 0.05) is 5.92 Å². The van der Waals surface area contributed by atoms with Gasteiger partial charge in [0.25, 0.3) is 0 Å². The third-order valence-electron chi connectivity index (χ3n) is 3.31. The first-order valence-corrected chi connectivity index (χ1v) is 5.65. The van der Waals surface area contributed by atoms with Gasteiger partial charge in [0.05, 0.1) is 5.41 Å². The van der Waals surface area contributed by atoms with Crippen molar-refractivity contribution in [2.45, 2.75) is 39.0 Å². The minimum Gasteiger partial charge on any atom is -0.281 e. The molecule has 0 heterocycles. The van der Waals surface area contributed by atoms with Crippen LogP contribution in [0.25, 0.3) is 0 Å². The van der Waals surface area contributed by atoms with Gasteiger partial charge in [0.15, 0.2) is 0 Å². The molecule has 1 aliphatic rings. The van der Waals surface area contributed by atoms with Crippen molar-refractivity contribution in [3.8, 4) is 0 Å². The lowest BCUT2D eigenvalue weighted by atomic mass is 9.67. The molecule has 80 valence electrons. The maximum atomic E-state index is 11.4. The van der Waals surface area contributed by atoms with E-state index in [-0.39, 0.29) is 0 Å². The molecule has 2 nitrogen and oxygen atoms in total. The lowest BCUT2D eigenvalue weighted by Crippen LogP contribution is -2.39. The molecule has 0 radical (unpaired) electrons. The molecule has 14 heavy (non-hydrogen) atoms. The van der Waals surface area contributed by atoms with Gasteiger partial charge in [-0.25, -0.2) is 0 Å². The van der Waals surface area contributed by atoms with Crippen molar-refractivity contribution >= 4 is 33.7 Å². The first-order chi connectivity index (χ1) is 6.50. The zero-order valence-electron chi connectivity index (χ0n) is 8.19. The molecule has 1 atom stereocenters. The highest BCUT2D eigenvalue weighted by Gasteiger charge is 2.45. The third kappa shape index (κ3) is 2.12. The Kier molecular flexibility index (Phi) is 3.96. The zero-order valence-corrected chi connectivity index (χ0v) is 9.70. The second-order valence-corrected chi connectivity index (χ2v) is 4.73. The van der Waals surface area contributed by atoms with Crippen molar-refractivity contribution in [1.82, 2.24) is 0 Å². The van der Waals surface area contributed by atoms with E-state index in [1.165, 1.54) is 0 Å². The summed E-state index contributed by atoms with van der Waals surface area (Å²) in [7, 11) is 0. The fourth-order valence-electron chi connectivity index (χ4n) is 2.20. The van der Waals surface area contributed by atoms with Crippen molar-refractivity contribution in [2.24, 2.45) is 11.3 Å². The van der Waals surface area contributed by atoms with E-state index < -0.39 is 21.8 Å². The smallest absolute Gasteiger partial charge is 0.228 e. The monoisotopic (exact) mass is 236 g/mol. The zero-order chi connectivity index (χ0) is 10.8. The predicted octanol–water partition coefficient (Wildman–Crippen LogP) is 3.10. The summed E-state index contributed by atoms with van der Waals surface area (Å²) in [5, 5.41) is -0.861. The molecule has 0 amide bonds. The van der Waals surface area contributed by atoms with Crippen molar-refractivity contribution < 1.29 is 9.59 Å². The molecule has 0 aromatic carbocycles. The molecule has 0 N–H and O–H groups in total. The summed E-state index contributed by atoms with van der Waals surface area (Å²) >= 11 is 11.0. The Balaban J connectivity index is 2.90. The van der Waals surface area contributed by atoms with Crippen LogP contribution in [-0.2, 0) is 9.59 Å². The normalized spacial score (nSPS) is 22.8. The summed E-state index contributed by atoms with van der Waals surface area (Å²) in [5.41, 5.74) is -0.696. The van der Waals surface area contributed by atoms with Gasteiger partial charge in [-0.3, -0.25) is 9.59 Å². The molecule has 1 fully saturated rings. The number of halogens is 2. The lowest BCUT2D eigenvalue weighted by molar-refractivity contribution is -0.132. The lowest BCUT2D eigenvalue weighted by Gasteiger charge is -2.37. The number of hydrogen-bond donors (Lipinski definition) is 0. The summed E-state index contributed by atoms with van der Waals surface area (Å²) < 4.78 is 0. The van der Waals surface area contributed by atoms with Crippen molar-refractivity contribution in [1.29, 1.82) is 0 Å². The average molecular weight is 237 g/mol. The van der Waals surface area contributed by atoms with E-state index in [1.54, 1.807) is 6.92 Å². The third-order valence-corrected chi connectivity index (χ3v) is 4.01. The van der Waals surface area contributed by atoms with E-state index >= 15 is 0 Å². The molecule has 0 saturated heterocycles. The standard InChI is InChI=1S/C10H14Cl2O2/c1-7(8(11)13)10(9(12)14)5-3-2-4-6-10/h7H,2-6H2,1H3. The average Bonchev–Trinajstić information content (AvgIpc) is 2.17. The van der Waals surface area contributed by atoms with Crippen LogP contribution >= 0.6 is 23.2 Å². The molecule has 0 spiro atoms. The molecular weight excluding hydrogens is 223 g/mol. The van der Waals surface area contributed by atoms with Crippen LogP contribution in [-0.4, -0.2) is 10.5 Å². The molecule has 1 unspecified atom stereocenters. The van der Waals surface area contributed by atoms with E-state index in [1.807, 2.05) is 0 Å². The fraction of sp³-hybridized carbons (Fsp3) is 0.800. The molecule has 0 aromatic rings. The Labute approximate surface area is 93.9 Å². The highest BCUT2D eigenvalue weighted by Crippen LogP contribution is 2.45. The minimum atomic E-state index is -0.696. The topological polar surface area (TPSA) is 34.1 Å². The van der Waals surface area contributed by atoms with Crippen LogP contribution in [0, 0.1) is 11.3 Å². The van der Waals surface area contributed by atoms with Gasteiger partial charge in [0.1, 0.15) is 0 Å². The van der Waals surface area contributed by atoms with Gasteiger partial charge in [-0.15, -0.1) is 0 Å². The first kappa shape index (κ1) is 12.0. The van der Waals surface area contributed by atoms with Gasteiger partial charge in [-0.1, -0.05) is 26.2 Å². The highest BCUT2D eigenvalue weighted by molar-refractivity contribution is 6.67. The molecule has 1 saturated carbocycles. The van der Waals surface area contributed by atoms with Crippen LogP contribution in [0.15, 0.2) is 0 Å². The summed E-state index contributed by atoms with van der Waals surface area (Å²) in [6, 6.07) is 0. The summed E-state index contributed by atoms with van der Waals surface area (Å²) in [4.78, 5) is 22.5. The van der Waals surface area contributed by atoms with Crippen LogP contribution in [0.2, 0.25) is 0 Å². The van der Waals surface area contributed by atoms with E-state index in [2.05, 4.69) is 0 Å². The van der Waals surface area contributed by atoms with Gasteiger partial charge in [-0.05, 0) is 36.0 Å². The van der Waals surface area contributed by atoms with E-state index in [4.69, 9.17) is 23.2 Å². The van der Waals surface area contributed by atoms with Gasteiger partial charge >= 0.3 is 0 Å². The first-order valence-electron chi connectivity index (χ1n) is 4.90. The quantitative estimate of drug-likeness (QED) is 0.706. The highest BCUT2D eigenvalue weighted by atomic mass is 35.5. The van der Waals surface area contributed by atoms with E-state index in [0.29, 0.717) is 12.8 Å². The second-order valence-electron chi connectivity index (χ2n) is 4.02. The molecule has 0 aromatic heterocycles. The molecule has 1 aliphatic carbocycles. The van der Waals surface area contributed by atoms with Crippen LogP contribution in [0.4, 0.5) is 0 Å². The predicted molar refractivity (Wildman–Crippen MR) is 56.4 cm³/mol. The van der Waals surface area contributed by atoms with Crippen molar-refractivity contribution in [2.75, 3.05) is 0 Å².